The summed E-state index contributed by atoms with van der Waals surface area (Å²) in [4.78, 5) is 12.6. The van der Waals surface area contributed by atoms with E-state index in [0.29, 0.717) is 35.1 Å². The van der Waals surface area contributed by atoms with Crippen LogP contribution in [0.25, 0.3) is 6.08 Å². The zero-order chi connectivity index (χ0) is 17.1. The number of hydrogen-bond acceptors (Lipinski definition) is 4. The second kappa shape index (κ2) is 6.62. The Kier molecular flexibility index (Phi) is 4.38. The number of Topliss-reactive ketones (excluding diaryl/α,β-unsaturated/α-hetero) is 1. The van der Waals surface area contributed by atoms with E-state index in [1.165, 1.54) is 12.1 Å². The molecule has 24 heavy (non-hydrogen) atoms. The van der Waals surface area contributed by atoms with Gasteiger partial charge in [0.1, 0.15) is 5.76 Å². The molecule has 1 aliphatic carbocycles. The summed E-state index contributed by atoms with van der Waals surface area (Å²) in [5, 5.41) is 29.5. The van der Waals surface area contributed by atoms with Gasteiger partial charge < -0.3 is 15.3 Å². The second-order valence-electron chi connectivity index (χ2n) is 5.79. The Labute approximate surface area is 140 Å². The summed E-state index contributed by atoms with van der Waals surface area (Å²) in [6.45, 7) is 0. The zero-order valence-corrected chi connectivity index (χ0v) is 13.1. The van der Waals surface area contributed by atoms with Crippen molar-refractivity contribution < 1.29 is 20.1 Å². The van der Waals surface area contributed by atoms with Crippen LogP contribution in [0, 0.1) is 0 Å². The number of allylic oxidation sites excluding steroid dienone is 2. The number of rotatable bonds is 3. The highest BCUT2D eigenvalue weighted by atomic mass is 16.3. The van der Waals surface area contributed by atoms with Gasteiger partial charge in [0.15, 0.2) is 17.3 Å². The summed E-state index contributed by atoms with van der Waals surface area (Å²) in [5.74, 6) is -0.556. The van der Waals surface area contributed by atoms with Gasteiger partial charge in [-0.05, 0) is 48.6 Å². The molecule has 2 aromatic rings. The molecule has 0 saturated carbocycles. The maximum Gasteiger partial charge on any atom is 0.192 e. The van der Waals surface area contributed by atoms with Crippen molar-refractivity contribution in [3.05, 3.63) is 76.6 Å². The minimum absolute atomic E-state index is 0.0164. The molecule has 3 N–H and O–H groups in total. The van der Waals surface area contributed by atoms with Crippen LogP contribution in [0.2, 0.25) is 0 Å². The topological polar surface area (TPSA) is 77.8 Å². The SMILES string of the molecule is O=C(C1=C(O)/C(=C/c2ccc(O)c(O)c2)CCC1)c1ccccc1. The molecule has 0 aromatic heterocycles. The van der Waals surface area contributed by atoms with Crippen molar-refractivity contribution in [2.45, 2.75) is 19.3 Å². The van der Waals surface area contributed by atoms with E-state index in [4.69, 9.17) is 0 Å². The van der Waals surface area contributed by atoms with Gasteiger partial charge in [-0.1, -0.05) is 36.4 Å². The lowest BCUT2D eigenvalue weighted by molar-refractivity contribution is 0.102. The fourth-order valence-corrected chi connectivity index (χ4v) is 2.84. The summed E-state index contributed by atoms with van der Waals surface area (Å²) in [6, 6.07) is 13.4. The van der Waals surface area contributed by atoms with Crippen LogP contribution < -0.4 is 0 Å². The third kappa shape index (κ3) is 3.18. The maximum atomic E-state index is 12.6. The first-order chi connectivity index (χ1) is 11.6. The van der Waals surface area contributed by atoms with E-state index < -0.39 is 0 Å². The van der Waals surface area contributed by atoms with Crippen molar-refractivity contribution in [3.63, 3.8) is 0 Å². The van der Waals surface area contributed by atoms with Gasteiger partial charge in [0, 0.05) is 11.1 Å². The van der Waals surface area contributed by atoms with E-state index in [9.17, 15) is 20.1 Å². The molecule has 0 radical (unpaired) electrons. The number of hydrogen-bond donors (Lipinski definition) is 3. The Hall–Kier alpha value is -3.01. The molecule has 0 unspecified atom stereocenters. The molecular formula is C20H18O4. The molecule has 0 saturated heterocycles. The first kappa shape index (κ1) is 15.9. The van der Waals surface area contributed by atoms with Crippen LogP contribution >= 0.6 is 0 Å². The summed E-state index contributed by atoms with van der Waals surface area (Å²) >= 11 is 0. The number of ketones is 1. The van der Waals surface area contributed by atoms with Gasteiger partial charge in [0.2, 0.25) is 0 Å². The number of carbonyl (C=O) groups excluding carboxylic acids is 1. The van der Waals surface area contributed by atoms with Crippen molar-refractivity contribution in [1.82, 2.24) is 0 Å². The monoisotopic (exact) mass is 322 g/mol. The van der Waals surface area contributed by atoms with Gasteiger partial charge in [-0.25, -0.2) is 0 Å². The van der Waals surface area contributed by atoms with Crippen LogP contribution in [0.15, 0.2) is 65.4 Å². The van der Waals surface area contributed by atoms with Crippen molar-refractivity contribution in [2.75, 3.05) is 0 Å². The molecule has 0 bridgehead atoms. The number of aliphatic hydroxyl groups excluding tert-OH is 1. The van der Waals surface area contributed by atoms with Gasteiger partial charge in [-0.3, -0.25) is 4.79 Å². The molecule has 0 amide bonds. The predicted octanol–water partition coefficient (Wildman–Crippen LogP) is 4.36. The smallest absolute Gasteiger partial charge is 0.192 e. The Bertz CT molecular complexity index is 832. The standard InChI is InChI=1S/C20H18O4/c21-17-10-9-13(12-18(17)22)11-15-7-4-8-16(20(15)24)19(23)14-5-2-1-3-6-14/h1-3,5-6,9-12,21-22,24H,4,7-8H2/b15-11+. The van der Waals surface area contributed by atoms with Gasteiger partial charge in [-0.15, -0.1) is 0 Å². The van der Waals surface area contributed by atoms with Gasteiger partial charge in [0.25, 0.3) is 0 Å². The van der Waals surface area contributed by atoms with Crippen LogP contribution in [-0.4, -0.2) is 21.1 Å². The van der Waals surface area contributed by atoms with Gasteiger partial charge >= 0.3 is 0 Å². The summed E-state index contributed by atoms with van der Waals surface area (Å²) in [6.07, 6.45) is 3.69. The fraction of sp³-hybridized carbons (Fsp3) is 0.150. The molecule has 122 valence electrons. The molecule has 0 fully saturated rings. The number of aromatic hydroxyl groups is 2. The minimum atomic E-state index is -0.218. The van der Waals surface area contributed by atoms with Gasteiger partial charge in [0.05, 0.1) is 0 Å². The van der Waals surface area contributed by atoms with Gasteiger partial charge in [-0.2, -0.15) is 0 Å². The molecule has 0 aliphatic heterocycles. The number of phenols is 2. The highest BCUT2D eigenvalue weighted by Crippen LogP contribution is 2.33. The highest BCUT2D eigenvalue weighted by Gasteiger charge is 2.23. The minimum Gasteiger partial charge on any atom is -0.507 e. The van der Waals surface area contributed by atoms with E-state index in [-0.39, 0.29) is 23.0 Å². The lowest BCUT2D eigenvalue weighted by Crippen LogP contribution is -2.12. The summed E-state index contributed by atoms with van der Waals surface area (Å²) in [7, 11) is 0. The molecule has 4 nitrogen and oxygen atoms in total. The molecule has 3 rings (SSSR count). The maximum absolute atomic E-state index is 12.6. The second-order valence-corrected chi connectivity index (χ2v) is 5.79. The van der Waals surface area contributed by atoms with Crippen LogP contribution in [-0.2, 0) is 0 Å². The molecule has 1 aliphatic rings. The fourth-order valence-electron chi connectivity index (χ4n) is 2.84. The van der Waals surface area contributed by atoms with Crippen molar-refractivity contribution in [1.29, 1.82) is 0 Å². The van der Waals surface area contributed by atoms with Crippen molar-refractivity contribution in [3.8, 4) is 11.5 Å². The molecule has 0 spiro atoms. The van der Waals surface area contributed by atoms with Crippen molar-refractivity contribution >= 4 is 11.9 Å². The van der Waals surface area contributed by atoms with E-state index in [0.717, 1.165) is 6.42 Å². The zero-order valence-electron chi connectivity index (χ0n) is 13.1. The first-order valence-electron chi connectivity index (χ1n) is 7.81. The Morgan fingerprint density at radius 3 is 2.38 bits per heavy atom. The molecule has 4 heteroatoms. The highest BCUT2D eigenvalue weighted by molar-refractivity contribution is 6.09. The lowest BCUT2D eigenvalue weighted by Gasteiger charge is -2.18. The number of benzene rings is 2. The number of phenolic OH excluding ortho intramolecular Hbond substituents is 2. The number of aliphatic hydroxyl groups is 1. The third-order valence-corrected chi connectivity index (χ3v) is 4.11. The molecule has 0 atom stereocenters. The average Bonchev–Trinajstić information content (AvgIpc) is 2.60. The van der Waals surface area contributed by atoms with E-state index in [1.807, 2.05) is 6.07 Å². The average molecular weight is 322 g/mol. The Balaban J connectivity index is 1.96. The third-order valence-electron chi connectivity index (χ3n) is 4.11. The molecule has 0 heterocycles. The predicted molar refractivity (Wildman–Crippen MR) is 92.0 cm³/mol. The quantitative estimate of drug-likeness (QED) is 0.579. The first-order valence-corrected chi connectivity index (χ1v) is 7.81. The van der Waals surface area contributed by atoms with E-state index in [2.05, 4.69) is 0 Å². The van der Waals surface area contributed by atoms with Crippen LogP contribution in [0.4, 0.5) is 0 Å². The van der Waals surface area contributed by atoms with Crippen LogP contribution in [0.1, 0.15) is 35.2 Å². The summed E-state index contributed by atoms with van der Waals surface area (Å²) < 4.78 is 0. The van der Waals surface area contributed by atoms with Crippen LogP contribution in [0.5, 0.6) is 11.5 Å². The Morgan fingerprint density at radius 1 is 0.917 bits per heavy atom. The summed E-state index contributed by atoms with van der Waals surface area (Å²) in [5.41, 5.74) is 2.29. The lowest BCUT2D eigenvalue weighted by atomic mass is 9.88. The van der Waals surface area contributed by atoms with Crippen molar-refractivity contribution in [2.24, 2.45) is 0 Å². The normalized spacial score (nSPS) is 16.4. The van der Waals surface area contributed by atoms with Crippen LogP contribution in [0.3, 0.4) is 0 Å². The van der Waals surface area contributed by atoms with E-state index >= 15 is 0 Å². The van der Waals surface area contributed by atoms with E-state index in [1.54, 1.807) is 36.4 Å². The Morgan fingerprint density at radius 2 is 1.67 bits per heavy atom. The number of carbonyl (C=O) groups is 1. The molecule has 2 aromatic carbocycles. The molecular weight excluding hydrogens is 304 g/mol. The largest absolute Gasteiger partial charge is 0.507 e.